The van der Waals surface area contributed by atoms with Crippen LogP contribution in [0.3, 0.4) is 0 Å². The number of imidazole rings is 1. The fourth-order valence-electron chi connectivity index (χ4n) is 3.42. The quantitative estimate of drug-likeness (QED) is 0.702. The molecule has 1 aliphatic heterocycles. The Balaban J connectivity index is 1.49. The molecule has 1 amide bonds. The zero-order chi connectivity index (χ0) is 18.6. The zero-order valence-electron chi connectivity index (χ0n) is 15.5. The Morgan fingerprint density at radius 3 is 2.78 bits per heavy atom. The molecule has 140 valence electrons. The number of benzene rings is 2. The highest BCUT2D eigenvalue weighted by Crippen LogP contribution is 2.25. The van der Waals surface area contributed by atoms with Crippen LogP contribution in [0.2, 0.25) is 0 Å². The summed E-state index contributed by atoms with van der Waals surface area (Å²) >= 11 is 1.64. The molecule has 0 spiro atoms. The molecule has 6 heteroatoms. The number of likely N-dealkylation sites (N-methyl/N-ethyl adjacent to an activating group) is 1. The molecule has 4 rings (SSSR count). The van der Waals surface area contributed by atoms with E-state index in [0.717, 1.165) is 65.7 Å². The minimum absolute atomic E-state index is 0.145. The summed E-state index contributed by atoms with van der Waals surface area (Å²) in [7, 11) is 2.12. The summed E-state index contributed by atoms with van der Waals surface area (Å²) in [5.74, 6) is 0.862. The molecule has 1 aromatic heterocycles. The van der Waals surface area contributed by atoms with Gasteiger partial charge in [0, 0.05) is 31.0 Å². The number of fused-ring (bicyclic) bond motifs is 1. The van der Waals surface area contributed by atoms with Crippen molar-refractivity contribution >= 4 is 28.7 Å². The van der Waals surface area contributed by atoms with Gasteiger partial charge in [-0.3, -0.25) is 4.79 Å². The molecule has 0 atom stereocenters. The van der Waals surface area contributed by atoms with Crippen LogP contribution in [0.15, 0.2) is 53.7 Å². The molecule has 1 saturated heterocycles. The standard InChI is InChI=1S/C21H24N4OS/c1-24-11-6-12-25(14-13-24)20(26)17-8-3-2-7-16(17)15-27-21-22-18-9-4-5-10-19(18)23-21/h2-5,7-10H,6,11-15H2,1H3,(H,22,23). The van der Waals surface area contributed by atoms with E-state index >= 15 is 0 Å². The molecule has 0 aliphatic carbocycles. The Morgan fingerprint density at radius 1 is 1.07 bits per heavy atom. The van der Waals surface area contributed by atoms with Gasteiger partial charge in [-0.1, -0.05) is 42.1 Å². The van der Waals surface area contributed by atoms with Crippen LogP contribution >= 0.6 is 11.8 Å². The van der Waals surface area contributed by atoms with Crippen LogP contribution in [-0.4, -0.2) is 58.9 Å². The number of H-pyrrole nitrogens is 1. The Morgan fingerprint density at radius 2 is 1.89 bits per heavy atom. The molecule has 1 N–H and O–H groups in total. The summed E-state index contributed by atoms with van der Waals surface area (Å²) in [6, 6.07) is 16.0. The van der Waals surface area contributed by atoms with Gasteiger partial charge in [-0.05, 0) is 43.8 Å². The number of amides is 1. The third kappa shape index (κ3) is 4.17. The van der Waals surface area contributed by atoms with Crippen molar-refractivity contribution in [1.82, 2.24) is 19.8 Å². The van der Waals surface area contributed by atoms with Gasteiger partial charge in [-0.15, -0.1) is 0 Å². The Hall–Kier alpha value is -2.31. The van der Waals surface area contributed by atoms with Gasteiger partial charge in [0.15, 0.2) is 5.16 Å². The Labute approximate surface area is 163 Å². The molecule has 0 bridgehead atoms. The summed E-state index contributed by atoms with van der Waals surface area (Å²) in [6.07, 6.45) is 1.03. The minimum atomic E-state index is 0.145. The number of carbonyl (C=O) groups excluding carboxylic acids is 1. The highest BCUT2D eigenvalue weighted by atomic mass is 32.2. The van der Waals surface area contributed by atoms with Gasteiger partial charge in [0.25, 0.3) is 5.91 Å². The maximum atomic E-state index is 13.1. The summed E-state index contributed by atoms with van der Waals surface area (Å²) in [5.41, 5.74) is 3.88. The van der Waals surface area contributed by atoms with Gasteiger partial charge in [0.1, 0.15) is 0 Å². The molecule has 2 aromatic carbocycles. The minimum Gasteiger partial charge on any atom is -0.337 e. The van der Waals surface area contributed by atoms with Crippen molar-refractivity contribution < 1.29 is 4.79 Å². The van der Waals surface area contributed by atoms with Crippen LogP contribution < -0.4 is 0 Å². The third-order valence-electron chi connectivity index (χ3n) is 4.99. The van der Waals surface area contributed by atoms with Crippen molar-refractivity contribution in [3.8, 4) is 0 Å². The highest BCUT2D eigenvalue weighted by molar-refractivity contribution is 7.98. The van der Waals surface area contributed by atoms with E-state index in [1.165, 1.54) is 0 Å². The number of hydrogen-bond acceptors (Lipinski definition) is 4. The van der Waals surface area contributed by atoms with E-state index < -0.39 is 0 Å². The van der Waals surface area contributed by atoms with Crippen LogP contribution in [0.5, 0.6) is 0 Å². The average Bonchev–Trinajstić information content (AvgIpc) is 2.99. The number of carbonyl (C=O) groups is 1. The second-order valence-electron chi connectivity index (χ2n) is 6.95. The maximum absolute atomic E-state index is 13.1. The summed E-state index contributed by atoms with van der Waals surface area (Å²) in [4.78, 5) is 25.4. The van der Waals surface area contributed by atoms with E-state index in [1.54, 1.807) is 11.8 Å². The third-order valence-corrected chi connectivity index (χ3v) is 5.91. The first-order valence-electron chi connectivity index (χ1n) is 9.34. The van der Waals surface area contributed by atoms with E-state index in [9.17, 15) is 4.79 Å². The number of nitrogens with zero attached hydrogens (tertiary/aromatic N) is 3. The van der Waals surface area contributed by atoms with E-state index in [1.807, 2.05) is 53.4 Å². The molecular weight excluding hydrogens is 356 g/mol. The molecule has 3 aromatic rings. The lowest BCUT2D eigenvalue weighted by atomic mass is 10.1. The lowest BCUT2D eigenvalue weighted by Crippen LogP contribution is -2.35. The summed E-state index contributed by atoms with van der Waals surface area (Å²) < 4.78 is 0. The van der Waals surface area contributed by atoms with Crippen molar-refractivity contribution in [2.24, 2.45) is 0 Å². The van der Waals surface area contributed by atoms with E-state index in [-0.39, 0.29) is 5.91 Å². The monoisotopic (exact) mass is 380 g/mol. The van der Waals surface area contributed by atoms with Gasteiger partial charge >= 0.3 is 0 Å². The van der Waals surface area contributed by atoms with Gasteiger partial charge in [0.05, 0.1) is 11.0 Å². The first-order chi connectivity index (χ1) is 13.2. The topological polar surface area (TPSA) is 52.2 Å². The van der Waals surface area contributed by atoms with Crippen molar-refractivity contribution in [3.05, 3.63) is 59.7 Å². The SMILES string of the molecule is CN1CCCN(C(=O)c2ccccc2CSc2nc3ccccc3[nH]2)CC1. The first-order valence-corrected chi connectivity index (χ1v) is 10.3. The number of nitrogens with one attached hydrogen (secondary N) is 1. The van der Waals surface area contributed by atoms with Gasteiger partial charge in [0.2, 0.25) is 0 Å². The lowest BCUT2D eigenvalue weighted by molar-refractivity contribution is 0.0762. The predicted molar refractivity (Wildman–Crippen MR) is 110 cm³/mol. The van der Waals surface area contributed by atoms with Gasteiger partial charge < -0.3 is 14.8 Å². The number of rotatable bonds is 4. The molecule has 1 fully saturated rings. The Bertz CT molecular complexity index is 906. The van der Waals surface area contributed by atoms with Crippen molar-refractivity contribution in [2.45, 2.75) is 17.3 Å². The van der Waals surface area contributed by atoms with Crippen molar-refractivity contribution in [1.29, 1.82) is 0 Å². The zero-order valence-corrected chi connectivity index (χ0v) is 16.3. The Kier molecular flexibility index (Phi) is 5.45. The first kappa shape index (κ1) is 18.1. The highest BCUT2D eigenvalue weighted by Gasteiger charge is 2.21. The van der Waals surface area contributed by atoms with E-state index in [2.05, 4.69) is 21.9 Å². The van der Waals surface area contributed by atoms with Gasteiger partial charge in [-0.25, -0.2) is 4.98 Å². The predicted octanol–water partition coefficient (Wildman–Crippen LogP) is 3.63. The second kappa shape index (κ2) is 8.15. The van der Waals surface area contributed by atoms with E-state index in [4.69, 9.17) is 0 Å². The largest absolute Gasteiger partial charge is 0.337 e. The fourth-order valence-corrected chi connectivity index (χ4v) is 4.31. The molecule has 27 heavy (non-hydrogen) atoms. The smallest absolute Gasteiger partial charge is 0.254 e. The number of para-hydroxylation sites is 2. The number of hydrogen-bond donors (Lipinski definition) is 1. The maximum Gasteiger partial charge on any atom is 0.254 e. The molecule has 2 heterocycles. The number of aromatic amines is 1. The molecule has 5 nitrogen and oxygen atoms in total. The molecule has 1 aliphatic rings. The lowest BCUT2D eigenvalue weighted by Gasteiger charge is -2.22. The fraction of sp³-hybridized carbons (Fsp3) is 0.333. The van der Waals surface area contributed by atoms with Crippen LogP contribution in [0.1, 0.15) is 22.3 Å². The number of aromatic nitrogens is 2. The summed E-state index contributed by atoms with van der Waals surface area (Å²) in [6.45, 7) is 3.60. The van der Waals surface area contributed by atoms with Crippen LogP contribution in [0.25, 0.3) is 11.0 Å². The molecular formula is C21H24N4OS. The summed E-state index contributed by atoms with van der Waals surface area (Å²) in [5, 5.41) is 0.884. The van der Waals surface area contributed by atoms with Crippen molar-refractivity contribution in [3.63, 3.8) is 0 Å². The van der Waals surface area contributed by atoms with Crippen LogP contribution in [-0.2, 0) is 5.75 Å². The second-order valence-corrected chi connectivity index (χ2v) is 7.92. The average molecular weight is 381 g/mol. The molecule has 0 unspecified atom stereocenters. The van der Waals surface area contributed by atoms with Crippen molar-refractivity contribution in [2.75, 3.05) is 33.2 Å². The molecule has 0 radical (unpaired) electrons. The van der Waals surface area contributed by atoms with Crippen LogP contribution in [0.4, 0.5) is 0 Å². The number of thioether (sulfide) groups is 1. The van der Waals surface area contributed by atoms with E-state index in [0.29, 0.717) is 0 Å². The molecule has 0 saturated carbocycles. The van der Waals surface area contributed by atoms with Gasteiger partial charge in [-0.2, -0.15) is 0 Å². The normalized spacial score (nSPS) is 15.8. The van der Waals surface area contributed by atoms with Crippen LogP contribution in [0, 0.1) is 0 Å².